The van der Waals surface area contributed by atoms with Gasteiger partial charge >= 0.3 is 6.18 Å². The summed E-state index contributed by atoms with van der Waals surface area (Å²) in [4.78, 5) is 21.6. The van der Waals surface area contributed by atoms with Gasteiger partial charge in [0.2, 0.25) is 0 Å². The van der Waals surface area contributed by atoms with Gasteiger partial charge in [-0.1, -0.05) is 30.3 Å². The van der Waals surface area contributed by atoms with Crippen LogP contribution in [-0.2, 0) is 4.74 Å². The molecular formula is C19H22F3N3O2S. The van der Waals surface area contributed by atoms with Crippen LogP contribution in [0.1, 0.15) is 16.1 Å². The highest BCUT2D eigenvalue weighted by molar-refractivity contribution is 7.16. The maximum Gasteiger partial charge on any atom is 0.411 e. The minimum Gasteiger partial charge on any atom is -0.372 e. The highest BCUT2D eigenvalue weighted by Crippen LogP contribution is 2.26. The summed E-state index contributed by atoms with van der Waals surface area (Å²) in [5.41, 5.74) is 0.990. The standard InChI is InChI=1S/C19H22F3N3O2S/c20-19(21,22)14-27-12-4-7-24-8-10-25(11-9-24)18(26)16-13-23-17(28-16)15-5-2-1-3-6-15/h1-3,5-6,13H,4,7-12,14H2. The predicted molar refractivity (Wildman–Crippen MR) is 101 cm³/mol. The van der Waals surface area contributed by atoms with E-state index in [9.17, 15) is 18.0 Å². The Morgan fingerprint density at radius 3 is 2.54 bits per heavy atom. The molecule has 0 radical (unpaired) electrons. The molecule has 152 valence electrons. The minimum atomic E-state index is -4.27. The van der Waals surface area contributed by atoms with Gasteiger partial charge in [-0.2, -0.15) is 13.2 Å². The predicted octanol–water partition coefficient (Wildman–Crippen LogP) is 3.54. The van der Waals surface area contributed by atoms with Gasteiger partial charge in [0.1, 0.15) is 16.5 Å². The summed E-state index contributed by atoms with van der Waals surface area (Å²) >= 11 is 1.39. The third-order valence-corrected chi connectivity index (χ3v) is 5.46. The highest BCUT2D eigenvalue weighted by atomic mass is 32.1. The van der Waals surface area contributed by atoms with Crippen LogP contribution in [0.5, 0.6) is 0 Å². The fourth-order valence-corrected chi connectivity index (χ4v) is 3.89. The molecule has 0 unspecified atom stereocenters. The number of carbonyl (C=O) groups is 1. The van der Waals surface area contributed by atoms with Crippen LogP contribution in [0.25, 0.3) is 10.6 Å². The minimum absolute atomic E-state index is 0.0205. The van der Waals surface area contributed by atoms with Crippen molar-refractivity contribution in [3.63, 3.8) is 0 Å². The molecule has 0 N–H and O–H groups in total. The first-order valence-corrected chi connectivity index (χ1v) is 9.91. The Hall–Kier alpha value is -1.97. The van der Waals surface area contributed by atoms with Crippen LogP contribution < -0.4 is 0 Å². The Morgan fingerprint density at radius 1 is 1.14 bits per heavy atom. The van der Waals surface area contributed by atoms with Gasteiger partial charge in [-0.05, 0) is 6.42 Å². The van der Waals surface area contributed by atoms with E-state index in [1.165, 1.54) is 11.3 Å². The molecule has 0 aliphatic carbocycles. The molecule has 0 atom stereocenters. The molecule has 9 heteroatoms. The third kappa shape index (κ3) is 6.02. The number of hydrogen-bond acceptors (Lipinski definition) is 5. The van der Waals surface area contributed by atoms with Gasteiger partial charge in [0.15, 0.2) is 0 Å². The lowest BCUT2D eigenvalue weighted by Gasteiger charge is -2.34. The summed E-state index contributed by atoms with van der Waals surface area (Å²) in [7, 11) is 0. The number of hydrogen-bond donors (Lipinski definition) is 0. The molecule has 3 rings (SSSR count). The lowest BCUT2D eigenvalue weighted by atomic mass is 10.2. The number of piperazine rings is 1. The zero-order valence-electron chi connectivity index (χ0n) is 15.3. The van der Waals surface area contributed by atoms with Crippen molar-refractivity contribution in [3.05, 3.63) is 41.4 Å². The van der Waals surface area contributed by atoms with Gasteiger partial charge in [-0.25, -0.2) is 4.98 Å². The van der Waals surface area contributed by atoms with Crippen LogP contribution in [0.4, 0.5) is 13.2 Å². The number of nitrogens with zero attached hydrogens (tertiary/aromatic N) is 3. The zero-order valence-corrected chi connectivity index (χ0v) is 16.1. The van der Waals surface area contributed by atoms with Crippen LogP contribution >= 0.6 is 11.3 Å². The topological polar surface area (TPSA) is 45.7 Å². The van der Waals surface area contributed by atoms with Crippen molar-refractivity contribution in [1.82, 2.24) is 14.8 Å². The Labute approximate surface area is 165 Å². The monoisotopic (exact) mass is 413 g/mol. The lowest BCUT2D eigenvalue weighted by molar-refractivity contribution is -0.174. The van der Waals surface area contributed by atoms with Crippen molar-refractivity contribution < 1.29 is 22.7 Å². The van der Waals surface area contributed by atoms with Gasteiger partial charge in [-0.15, -0.1) is 11.3 Å². The van der Waals surface area contributed by atoms with Crippen LogP contribution in [0.15, 0.2) is 36.5 Å². The SMILES string of the molecule is O=C(c1cnc(-c2ccccc2)s1)N1CCN(CCCOCC(F)(F)F)CC1. The van der Waals surface area contributed by atoms with E-state index in [0.717, 1.165) is 10.6 Å². The molecule has 1 saturated heterocycles. The average Bonchev–Trinajstić information content (AvgIpc) is 3.18. The molecule has 1 aliphatic rings. The number of rotatable bonds is 7. The number of benzene rings is 1. The van der Waals surface area contributed by atoms with E-state index in [-0.39, 0.29) is 12.5 Å². The van der Waals surface area contributed by atoms with E-state index in [4.69, 9.17) is 0 Å². The second kappa shape index (κ2) is 9.49. The maximum atomic E-state index is 12.7. The van der Waals surface area contributed by atoms with Crippen LogP contribution in [0.2, 0.25) is 0 Å². The number of amides is 1. The number of alkyl halides is 3. The fourth-order valence-electron chi connectivity index (χ4n) is 3.00. The smallest absolute Gasteiger partial charge is 0.372 e. The van der Waals surface area contributed by atoms with Crippen molar-refractivity contribution in [2.45, 2.75) is 12.6 Å². The molecule has 0 bridgehead atoms. The van der Waals surface area contributed by atoms with Crippen molar-refractivity contribution in [2.24, 2.45) is 0 Å². The molecule has 1 amide bonds. The van der Waals surface area contributed by atoms with Crippen LogP contribution in [0, 0.1) is 0 Å². The quantitative estimate of drug-likeness (QED) is 0.652. The van der Waals surface area contributed by atoms with E-state index in [0.29, 0.717) is 44.0 Å². The number of thiazole rings is 1. The van der Waals surface area contributed by atoms with Crippen molar-refractivity contribution in [1.29, 1.82) is 0 Å². The van der Waals surface area contributed by atoms with E-state index < -0.39 is 12.8 Å². The lowest BCUT2D eigenvalue weighted by Crippen LogP contribution is -2.48. The summed E-state index contributed by atoms with van der Waals surface area (Å²) in [5.74, 6) is -0.0205. The van der Waals surface area contributed by atoms with Crippen LogP contribution in [-0.4, -0.2) is 72.8 Å². The summed E-state index contributed by atoms with van der Waals surface area (Å²) in [6.07, 6.45) is -2.11. The van der Waals surface area contributed by atoms with Gasteiger partial charge in [0.25, 0.3) is 5.91 Å². The first-order valence-electron chi connectivity index (χ1n) is 9.10. The summed E-state index contributed by atoms with van der Waals surface area (Å²) in [5, 5.41) is 0.821. The number of ether oxygens (including phenoxy) is 1. The van der Waals surface area contributed by atoms with Crippen molar-refractivity contribution in [2.75, 3.05) is 45.9 Å². The molecule has 1 aliphatic heterocycles. The number of carbonyl (C=O) groups excluding carboxylic acids is 1. The normalized spacial score (nSPS) is 15.8. The first kappa shape index (κ1) is 20.8. The Bertz CT molecular complexity index is 759. The maximum absolute atomic E-state index is 12.7. The highest BCUT2D eigenvalue weighted by Gasteiger charge is 2.27. The van der Waals surface area contributed by atoms with E-state index in [1.54, 1.807) is 11.1 Å². The van der Waals surface area contributed by atoms with Crippen LogP contribution in [0.3, 0.4) is 0 Å². The molecule has 28 heavy (non-hydrogen) atoms. The summed E-state index contributed by atoms with van der Waals surface area (Å²) in [6.45, 7) is 2.15. The zero-order chi connectivity index (χ0) is 20.0. The molecule has 2 aromatic rings. The molecule has 0 saturated carbocycles. The molecule has 0 spiro atoms. The Kier molecular flexibility index (Phi) is 7.03. The number of aromatic nitrogens is 1. The molecular weight excluding hydrogens is 391 g/mol. The molecule has 1 aromatic heterocycles. The summed E-state index contributed by atoms with van der Waals surface area (Å²) < 4.78 is 40.7. The second-order valence-corrected chi connectivity index (χ2v) is 7.58. The van der Waals surface area contributed by atoms with Gasteiger partial charge in [-0.3, -0.25) is 9.69 Å². The fraction of sp³-hybridized carbons (Fsp3) is 0.474. The van der Waals surface area contributed by atoms with Crippen molar-refractivity contribution >= 4 is 17.2 Å². The second-order valence-electron chi connectivity index (χ2n) is 6.55. The largest absolute Gasteiger partial charge is 0.411 e. The van der Waals surface area contributed by atoms with Gasteiger partial charge in [0.05, 0.1) is 6.20 Å². The molecule has 1 aromatic carbocycles. The number of halogens is 3. The molecule has 5 nitrogen and oxygen atoms in total. The van der Waals surface area contributed by atoms with E-state index in [1.807, 2.05) is 30.3 Å². The summed E-state index contributed by atoms with van der Waals surface area (Å²) in [6, 6.07) is 9.73. The molecule has 2 heterocycles. The third-order valence-electron chi connectivity index (χ3n) is 4.43. The Morgan fingerprint density at radius 2 is 1.86 bits per heavy atom. The van der Waals surface area contributed by atoms with Crippen molar-refractivity contribution in [3.8, 4) is 10.6 Å². The first-order chi connectivity index (χ1) is 13.4. The van der Waals surface area contributed by atoms with Gasteiger partial charge in [0, 0.05) is 44.9 Å². The van der Waals surface area contributed by atoms with E-state index in [2.05, 4.69) is 14.6 Å². The Balaban J connectivity index is 1.41. The molecule has 1 fully saturated rings. The van der Waals surface area contributed by atoms with Gasteiger partial charge < -0.3 is 9.64 Å². The van der Waals surface area contributed by atoms with E-state index >= 15 is 0 Å². The average molecular weight is 413 g/mol.